The molecule has 14 nitrogen and oxygen atoms in total. The molecule has 1 N–H and O–H groups in total. The largest absolute Gasteiger partial charge is 0.491 e. The van der Waals surface area contributed by atoms with E-state index in [4.69, 9.17) is 4.74 Å². The summed E-state index contributed by atoms with van der Waals surface area (Å²) in [5, 5.41) is 33.9. The summed E-state index contributed by atoms with van der Waals surface area (Å²) in [5.41, 5.74) is -0.557. The van der Waals surface area contributed by atoms with Crippen molar-refractivity contribution in [1.82, 2.24) is 0 Å². The average molecular weight is 783 g/mol. The molecule has 4 aromatic carbocycles. The van der Waals surface area contributed by atoms with Crippen molar-refractivity contribution in [2.45, 2.75) is 24.2 Å². The van der Waals surface area contributed by atoms with Gasteiger partial charge in [-0.2, -0.15) is 0 Å². The first kappa shape index (κ1) is 38.1. The van der Waals surface area contributed by atoms with Crippen molar-refractivity contribution in [3.8, 4) is 5.75 Å². The van der Waals surface area contributed by atoms with Crippen LogP contribution in [0.5, 0.6) is 5.75 Å². The Morgan fingerprint density at radius 3 is 2.05 bits per heavy atom. The third-order valence-corrected chi connectivity index (χ3v) is 12.1. The Morgan fingerprint density at radius 2 is 1.47 bits per heavy atom. The summed E-state index contributed by atoms with van der Waals surface area (Å²) in [6, 6.07) is 27.1. The van der Waals surface area contributed by atoms with Gasteiger partial charge in [0.2, 0.25) is 11.8 Å². The summed E-state index contributed by atoms with van der Waals surface area (Å²) >= 11 is 0. The van der Waals surface area contributed by atoms with Crippen LogP contribution in [0.3, 0.4) is 0 Å². The third kappa shape index (κ3) is 5.82. The van der Waals surface area contributed by atoms with Crippen LogP contribution in [0.2, 0.25) is 0 Å². The topological polar surface area (TPSA) is 190 Å². The molecule has 2 fully saturated rings. The average Bonchev–Trinajstić information content (AvgIpc) is 3.49. The van der Waals surface area contributed by atoms with Crippen LogP contribution in [-0.4, -0.2) is 65.6 Å². The molecule has 0 aromatic heterocycles. The van der Waals surface area contributed by atoms with E-state index in [1.165, 1.54) is 25.1 Å². The smallest absolute Gasteiger partial charge is 0.301 e. The standard InChI is InChI=1S/C44H38N4O10/c1-45(2)40-35(47(54)55)21-28(22-36(40)48(56)57)46-42(52)31-18-17-30-33(38(31)43(46)53)23-34-41(51)32(25-9-5-3-6-10-25)24-37(50)44(34,27-11-7-4-8-12-27)39(30)26-13-15-29(16-14-26)58-20-19-49/h3-17,21-22,24,31,33-34,38-39,49H,18-20,23H2,1-2H3. The number of hydrogen-bond acceptors (Lipinski definition) is 11. The highest BCUT2D eigenvalue weighted by Crippen LogP contribution is 2.64. The number of amides is 2. The van der Waals surface area contributed by atoms with Gasteiger partial charge in [-0.15, -0.1) is 0 Å². The molecule has 6 unspecified atom stereocenters. The molecule has 0 radical (unpaired) electrons. The Kier molecular flexibility index (Phi) is 9.60. The fourth-order valence-corrected chi connectivity index (χ4v) is 9.88. The quantitative estimate of drug-likeness (QED) is 0.0863. The van der Waals surface area contributed by atoms with Crippen LogP contribution in [0.15, 0.2) is 115 Å². The van der Waals surface area contributed by atoms with E-state index in [-0.39, 0.29) is 54.6 Å². The van der Waals surface area contributed by atoms with Crippen LogP contribution in [-0.2, 0) is 24.6 Å². The molecule has 4 aromatic rings. The van der Waals surface area contributed by atoms with Gasteiger partial charge >= 0.3 is 11.4 Å². The van der Waals surface area contributed by atoms with Gasteiger partial charge in [-0.1, -0.05) is 84.4 Å². The molecular weight excluding hydrogens is 745 g/mol. The summed E-state index contributed by atoms with van der Waals surface area (Å²) in [6.07, 6.45) is 3.42. The van der Waals surface area contributed by atoms with Crippen molar-refractivity contribution < 1.29 is 38.9 Å². The summed E-state index contributed by atoms with van der Waals surface area (Å²) in [7, 11) is 2.84. The molecule has 8 rings (SSSR count). The number of nitro benzene ring substituents is 2. The van der Waals surface area contributed by atoms with E-state index in [1.807, 2.05) is 42.5 Å². The predicted molar refractivity (Wildman–Crippen MR) is 212 cm³/mol. The number of aliphatic hydroxyl groups excluding tert-OH is 1. The number of carbonyl (C=O) groups excluding carboxylic acids is 4. The molecular formula is C44H38N4O10. The Balaban J connectivity index is 1.32. The number of ketones is 2. The molecule has 14 heteroatoms. The van der Waals surface area contributed by atoms with Gasteiger partial charge in [0.25, 0.3) is 0 Å². The lowest BCUT2D eigenvalue weighted by Crippen LogP contribution is -2.58. The zero-order valence-electron chi connectivity index (χ0n) is 31.5. The molecule has 294 valence electrons. The van der Waals surface area contributed by atoms with Crippen LogP contribution in [0, 0.1) is 43.9 Å². The van der Waals surface area contributed by atoms with Gasteiger partial charge in [-0.05, 0) is 53.7 Å². The summed E-state index contributed by atoms with van der Waals surface area (Å²) in [5.74, 6) is -5.98. The Labute approximate surface area is 332 Å². The fourth-order valence-electron chi connectivity index (χ4n) is 9.88. The van der Waals surface area contributed by atoms with E-state index in [9.17, 15) is 34.9 Å². The van der Waals surface area contributed by atoms with Gasteiger partial charge < -0.3 is 14.7 Å². The zero-order valence-corrected chi connectivity index (χ0v) is 31.5. The van der Waals surface area contributed by atoms with E-state index < -0.39 is 68.0 Å². The molecule has 1 saturated heterocycles. The zero-order chi connectivity index (χ0) is 41.0. The van der Waals surface area contributed by atoms with Crippen molar-refractivity contribution in [3.05, 3.63) is 152 Å². The Hall–Kier alpha value is -6.80. The second kappa shape index (κ2) is 14.6. The minimum atomic E-state index is -1.46. The number of ether oxygens (including phenoxy) is 1. The number of nitrogens with zero attached hydrogens (tertiary/aromatic N) is 4. The van der Waals surface area contributed by atoms with Gasteiger partial charge in [0.1, 0.15) is 12.4 Å². The summed E-state index contributed by atoms with van der Waals surface area (Å²) in [6.45, 7) is -0.136. The van der Waals surface area contributed by atoms with Gasteiger partial charge in [-0.3, -0.25) is 39.4 Å². The molecule has 6 atom stereocenters. The Morgan fingerprint density at radius 1 is 0.845 bits per heavy atom. The van der Waals surface area contributed by atoms with E-state index in [1.54, 1.807) is 48.5 Å². The lowest BCUT2D eigenvalue weighted by atomic mass is 9.44. The van der Waals surface area contributed by atoms with E-state index in [0.29, 0.717) is 28.0 Å². The van der Waals surface area contributed by atoms with Gasteiger partial charge in [0, 0.05) is 43.6 Å². The molecule has 1 heterocycles. The number of allylic oxidation sites excluding steroid dienone is 4. The minimum Gasteiger partial charge on any atom is -0.491 e. The maximum absolute atomic E-state index is 15.2. The third-order valence-electron chi connectivity index (χ3n) is 12.1. The number of hydrogen-bond donors (Lipinski definition) is 1. The maximum atomic E-state index is 15.2. The lowest BCUT2D eigenvalue weighted by molar-refractivity contribution is -0.392. The number of fused-ring (bicyclic) bond motifs is 4. The lowest BCUT2D eigenvalue weighted by Gasteiger charge is -2.55. The summed E-state index contributed by atoms with van der Waals surface area (Å²) < 4.78 is 5.66. The highest BCUT2D eigenvalue weighted by molar-refractivity contribution is 6.32. The van der Waals surface area contributed by atoms with Crippen LogP contribution in [0.1, 0.15) is 35.4 Å². The van der Waals surface area contributed by atoms with Gasteiger partial charge in [-0.25, -0.2) is 4.90 Å². The fraction of sp³-hybridized carbons (Fsp3) is 0.273. The highest BCUT2D eigenvalue weighted by Gasteiger charge is 2.66. The number of Topliss-reactive ketones (excluding diaryl/α,β-unsaturated/α-hetero) is 1. The second-order valence-electron chi connectivity index (χ2n) is 15.2. The van der Waals surface area contributed by atoms with E-state index >= 15 is 9.59 Å². The number of imide groups is 1. The number of aliphatic hydroxyl groups is 1. The predicted octanol–water partition coefficient (Wildman–Crippen LogP) is 5.97. The second-order valence-corrected chi connectivity index (χ2v) is 15.2. The van der Waals surface area contributed by atoms with Crippen molar-refractivity contribution in [2.75, 3.05) is 37.1 Å². The van der Waals surface area contributed by atoms with Crippen molar-refractivity contribution in [3.63, 3.8) is 0 Å². The summed E-state index contributed by atoms with van der Waals surface area (Å²) in [4.78, 5) is 84.6. The number of anilines is 2. The number of benzene rings is 4. The Bertz CT molecular complexity index is 2410. The minimum absolute atomic E-state index is 0.0254. The van der Waals surface area contributed by atoms with Crippen LogP contribution in [0.25, 0.3) is 5.57 Å². The molecule has 3 aliphatic carbocycles. The normalized spacial score (nSPS) is 24.9. The van der Waals surface area contributed by atoms with Crippen LogP contribution in [0.4, 0.5) is 22.7 Å². The molecule has 1 aliphatic heterocycles. The van der Waals surface area contributed by atoms with Gasteiger partial charge in [0.15, 0.2) is 17.3 Å². The number of rotatable bonds is 10. The van der Waals surface area contributed by atoms with Crippen molar-refractivity contribution >= 4 is 51.7 Å². The van der Waals surface area contributed by atoms with Crippen LogP contribution >= 0.6 is 0 Å². The van der Waals surface area contributed by atoms with E-state index in [0.717, 1.165) is 17.0 Å². The van der Waals surface area contributed by atoms with Crippen molar-refractivity contribution in [2.24, 2.45) is 23.7 Å². The number of carbonyl (C=O) groups is 4. The van der Waals surface area contributed by atoms with Gasteiger partial charge in [0.05, 0.1) is 39.4 Å². The molecule has 4 aliphatic rings. The molecule has 0 spiro atoms. The van der Waals surface area contributed by atoms with Crippen molar-refractivity contribution in [1.29, 1.82) is 0 Å². The highest BCUT2D eigenvalue weighted by atomic mass is 16.6. The number of nitro groups is 2. The molecule has 2 amide bonds. The molecule has 1 saturated carbocycles. The van der Waals surface area contributed by atoms with Crippen LogP contribution < -0.4 is 14.5 Å². The van der Waals surface area contributed by atoms with E-state index in [2.05, 4.69) is 0 Å². The molecule has 0 bridgehead atoms. The SMILES string of the molecule is CN(C)c1c([N+](=O)[O-])cc(N2C(=O)C3CC=C4C(CC5C(=O)C(c6ccccc6)=CC(=O)C5(c5ccccc5)C4c4ccc(OCCO)cc4)C3C2=O)cc1[N+](=O)[O-]. The first-order chi connectivity index (χ1) is 27.9. The molecule has 58 heavy (non-hydrogen) atoms. The monoisotopic (exact) mass is 782 g/mol. The first-order valence-corrected chi connectivity index (χ1v) is 18.9. The first-order valence-electron chi connectivity index (χ1n) is 18.9. The maximum Gasteiger partial charge on any atom is 0.301 e.